The highest BCUT2D eigenvalue weighted by atomic mass is 79.9. The Balaban J connectivity index is 1.37. The molecule has 0 aliphatic carbocycles. The summed E-state index contributed by atoms with van der Waals surface area (Å²) in [5, 5.41) is 10.2. The number of nitrogens with zero attached hydrogens (tertiary/aromatic N) is 2. The van der Waals surface area contributed by atoms with Crippen molar-refractivity contribution >= 4 is 50.2 Å². The molecule has 0 saturated carbocycles. The number of para-hydroxylation sites is 1. The number of rotatable bonds is 10. The highest BCUT2D eigenvalue weighted by molar-refractivity contribution is 9.10. The average molecular weight is 549 g/mol. The number of hydrogen-bond donors (Lipinski definition) is 2. The van der Waals surface area contributed by atoms with Crippen LogP contribution in [0, 0.1) is 0 Å². The fraction of sp³-hybridized carbons (Fsp3) is 0.148. The number of carbonyl (C=O) groups is 1. The minimum Gasteiger partial charge on any atom is -0.493 e. The van der Waals surface area contributed by atoms with Gasteiger partial charge in [0.1, 0.15) is 5.75 Å². The molecule has 1 amide bonds. The molecule has 6 nitrogen and oxygen atoms in total. The minimum absolute atomic E-state index is 0.291. The third-order valence-electron chi connectivity index (χ3n) is 5.07. The Hall–Kier alpha value is -3.49. The molecule has 2 N–H and O–H groups in total. The summed E-state index contributed by atoms with van der Waals surface area (Å²) in [7, 11) is 0. The minimum atomic E-state index is -0.291. The normalized spacial score (nSPS) is 10.9. The fourth-order valence-electron chi connectivity index (χ4n) is 3.20. The first kappa shape index (κ1) is 24.6. The summed E-state index contributed by atoms with van der Waals surface area (Å²) in [6.45, 7) is 2.76. The van der Waals surface area contributed by atoms with E-state index in [1.54, 1.807) is 18.3 Å². The van der Waals surface area contributed by atoms with E-state index in [0.717, 1.165) is 50.7 Å². The molecule has 0 atom stereocenters. The zero-order valence-electron chi connectivity index (χ0n) is 19.2. The molecule has 0 saturated heterocycles. The average Bonchev–Trinajstić information content (AvgIpc) is 3.34. The SMILES string of the molecule is CCCCOc1ccc(Br)cc1/C=N/NC(=O)c1ccc(-c2csc(Nc3ccccc3)n2)cc1. The van der Waals surface area contributed by atoms with Gasteiger partial charge in [0.25, 0.3) is 5.91 Å². The number of nitrogens with one attached hydrogen (secondary N) is 2. The molecule has 0 bridgehead atoms. The maximum atomic E-state index is 12.6. The van der Waals surface area contributed by atoms with E-state index >= 15 is 0 Å². The van der Waals surface area contributed by atoms with Crippen molar-refractivity contribution in [3.05, 3.63) is 93.8 Å². The summed E-state index contributed by atoms with van der Waals surface area (Å²) in [4.78, 5) is 17.2. The van der Waals surface area contributed by atoms with E-state index < -0.39 is 0 Å². The van der Waals surface area contributed by atoms with Crippen LogP contribution in [0.3, 0.4) is 0 Å². The van der Waals surface area contributed by atoms with Crippen molar-refractivity contribution in [2.24, 2.45) is 5.10 Å². The van der Waals surface area contributed by atoms with E-state index in [1.165, 1.54) is 11.3 Å². The molecule has 0 fully saturated rings. The lowest BCUT2D eigenvalue weighted by atomic mass is 10.1. The van der Waals surface area contributed by atoms with Crippen LogP contribution in [0.4, 0.5) is 10.8 Å². The first-order valence-corrected chi connectivity index (χ1v) is 12.9. The number of benzene rings is 3. The van der Waals surface area contributed by atoms with Crippen molar-refractivity contribution in [2.75, 3.05) is 11.9 Å². The third-order valence-corrected chi connectivity index (χ3v) is 6.32. The highest BCUT2D eigenvalue weighted by Crippen LogP contribution is 2.27. The van der Waals surface area contributed by atoms with Gasteiger partial charge in [0.05, 0.1) is 18.5 Å². The maximum absolute atomic E-state index is 12.6. The van der Waals surface area contributed by atoms with Crippen molar-refractivity contribution in [3.8, 4) is 17.0 Å². The van der Waals surface area contributed by atoms with Gasteiger partial charge in [-0.05, 0) is 48.9 Å². The van der Waals surface area contributed by atoms with Crippen molar-refractivity contribution < 1.29 is 9.53 Å². The van der Waals surface area contributed by atoms with Gasteiger partial charge in [-0.25, -0.2) is 10.4 Å². The van der Waals surface area contributed by atoms with E-state index in [-0.39, 0.29) is 5.91 Å². The molecule has 1 aromatic heterocycles. The molecule has 0 radical (unpaired) electrons. The number of hydrogen-bond acceptors (Lipinski definition) is 6. The molecule has 8 heteroatoms. The van der Waals surface area contributed by atoms with Crippen LogP contribution in [0.25, 0.3) is 11.3 Å². The van der Waals surface area contributed by atoms with Gasteiger partial charge in [0.2, 0.25) is 0 Å². The van der Waals surface area contributed by atoms with Crippen molar-refractivity contribution in [1.29, 1.82) is 0 Å². The summed E-state index contributed by atoms with van der Waals surface area (Å²) in [5.41, 5.74) is 6.66. The molecule has 178 valence electrons. The van der Waals surface area contributed by atoms with Gasteiger partial charge in [-0.1, -0.05) is 59.6 Å². The third kappa shape index (κ3) is 7.00. The molecule has 4 aromatic rings. The smallest absolute Gasteiger partial charge is 0.271 e. The van der Waals surface area contributed by atoms with Gasteiger partial charge in [-0.2, -0.15) is 5.10 Å². The first-order chi connectivity index (χ1) is 17.1. The molecule has 0 aliphatic rings. The van der Waals surface area contributed by atoms with Crippen molar-refractivity contribution in [1.82, 2.24) is 10.4 Å². The topological polar surface area (TPSA) is 75.6 Å². The number of carbonyl (C=O) groups excluding carboxylic acids is 1. The predicted octanol–water partition coefficient (Wildman–Crippen LogP) is 7.26. The summed E-state index contributed by atoms with van der Waals surface area (Å²) in [6.07, 6.45) is 3.63. The lowest BCUT2D eigenvalue weighted by Gasteiger charge is -2.09. The van der Waals surface area contributed by atoms with E-state index in [2.05, 4.69) is 43.7 Å². The Kier molecular flexibility index (Phi) is 8.64. The summed E-state index contributed by atoms with van der Waals surface area (Å²) in [6, 6.07) is 22.9. The van der Waals surface area contributed by atoms with E-state index in [9.17, 15) is 4.79 Å². The van der Waals surface area contributed by atoms with Crippen molar-refractivity contribution in [2.45, 2.75) is 19.8 Å². The van der Waals surface area contributed by atoms with Gasteiger partial charge in [0.15, 0.2) is 5.13 Å². The molecule has 3 aromatic carbocycles. The number of unbranched alkanes of at least 4 members (excludes halogenated alkanes) is 1. The van der Waals surface area contributed by atoms with E-state index in [1.807, 2.05) is 66.0 Å². The van der Waals surface area contributed by atoms with Crippen LogP contribution in [0.5, 0.6) is 5.75 Å². The van der Waals surface area contributed by atoms with Gasteiger partial charge in [-0.3, -0.25) is 4.79 Å². The largest absolute Gasteiger partial charge is 0.493 e. The Labute approximate surface area is 217 Å². The van der Waals surface area contributed by atoms with Crippen LogP contribution in [-0.2, 0) is 0 Å². The Morgan fingerprint density at radius 3 is 2.69 bits per heavy atom. The molecule has 35 heavy (non-hydrogen) atoms. The second-order valence-electron chi connectivity index (χ2n) is 7.69. The van der Waals surface area contributed by atoms with Crippen LogP contribution >= 0.6 is 27.3 Å². The van der Waals surface area contributed by atoms with E-state index in [4.69, 9.17) is 4.74 Å². The quantitative estimate of drug-likeness (QED) is 0.124. The number of thiazole rings is 1. The van der Waals surface area contributed by atoms with Crippen LogP contribution in [-0.4, -0.2) is 23.7 Å². The maximum Gasteiger partial charge on any atom is 0.271 e. The van der Waals surface area contributed by atoms with Gasteiger partial charge in [-0.15, -0.1) is 11.3 Å². The van der Waals surface area contributed by atoms with Crippen LogP contribution in [0.2, 0.25) is 0 Å². The predicted molar refractivity (Wildman–Crippen MR) is 147 cm³/mol. The summed E-state index contributed by atoms with van der Waals surface area (Å²) in [5.74, 6) is 0.439. The molecule has 0 aliphatic heterocycles. The first-order valence-electron chi connectivity index (χ1n) is 11.3. The lowest BCUT2D eigenvalue weighted by Crippen LogP contribution is -2.17. The standard InChI is InChI=1S/C27H25BrN4O2S/c1-2-3-15-34-25-14-13-22(28)16-21(25)17-29-32-26(33)20-11-9-19(10-12-20)24-18-35-27(31-24)30-23-7-5-4-6-8-23/h4-14,16-18H,2-3,15H2,1H3,(H,30,31)(H,32,33)/b29-17+. The second-order valence-corrected chi connectivity index (χ2v) is 9.46. The van der Waals surface area contributed by atoms with Crippen LogP contribution in [0.15, 0.2) is 87.8 Å². The number of halogens is 1. The summed E-state index contributed by atoms with van der Waals surface area (Å²) >= 11 is 5.00. The summed E-state index contributed by atoms with van der Waals surface area (Å²) < 4.78 is 6.74. The van der Waals surface area contributed by atoms with E-state index in [0.29, 0.717) is 12.2 Å². The van der Waals surface area contributed by atoms with Crippen molar-refractivity contribution in [3.63, 3.8) is 0 Å². The molecular formula is C27H25BrN4O2S. The number of hydrazone groups is 1. The molecule has 1 heterocycles. The molecule has 0 spiro atoms. The Morgan fingerprint density at radius 2 is 1.91 bits per heavy atom. The van der Waals surface area contributed by atoms with Gasteiger partial charge in [0, 0.05) is 32.2 Å². The number of amides is 1. The highest BCUT2D eigenvalue weighted by Gasteiger charge is 2.09. The van der Waals surface area contributed by atoms with Crippen LogP contribution < -0.4 is 15.5 Å². The lowest BCUT2D eigenvalue weighted by molar-refractivity contribution is 0.0955. The number of aromatic nitrogens is 1. The molecule has 0 unspecified atom stereocenters. The fourth-order valence-corrected chi connectivity index (χ4v) is 4.32. The number of ether oxygens (including phenoxy) is 1. The molecular weight excluding hydrogens is 524 g/mol. The monoisotopic (exact) mass is 548 g/mol. The Morgan fingerprint density at radius 1 is 1.11 bits per heavy atom. The van der Waals surface area contributed by atoms with Gasteiger partial charge < -0.3 is 10.1 Å². The zero-order chi connectivity index (χ0) is 24.5. The Bertz CT molecular complexity index is 1290. The second kappa shape index (κ2) is 12.3. The van der Waals surface area contributed by atoms with Crippen LogP contribution in [0.1, 0.15) is 35.7 Å². The molecule has 4 rings (SSSR count). The zero-order valence-corrected chi connectivity index (χ0v) is 21.6. The number of anilines is 2. The van der Waals surface area contributed by atoms with Gasteiger partial charge >= 0.3 is 0 Å².